The summed E-state index contributed by atoms with van der Waals surface area (Å²) in [5.74, 6) is 2.57. The smallest absolute Gasteiger partial charge is 0.414 e. The molecule has 1 aliphatic heterocycles. The van der Waals surface area contributed by atoms with Crippen molar-refractivity contribution in [2.75, 3.05) is 0 Å². The number of ether oxygens (including phenoxy) is 2. The van der Waals surface area contributed by atoms with Gasteiger partial charge in [0.05, 0.1) is 0 Å². The van der Waals surface area contributed by atoms with Crippen LogP contribution in [0.15, 0.2) is 0 Å². The fourth-order valence-electron chi connectivity index (χ4n) is 5.63. The van der Waals surface area contributed by atoms with E-state index in [0.29, 0.717) is 12.3 Å². The Kier molecular flexibility index (Phi) is 11.7. The molecule has 0 bridgehead atoms. The van der Waals surface area contributed by atoms with Crippen LogP contribution in [0.1, 0.15) is 115 Å². The van der Waals surface area contributed by atoms with Crippen molar-refractivity contribution in [2.45, 2.75) is 131 Å². The first-order chi connectivity index (χ1) is 17.4. The van der Waals surface area contributed by atoms with Crippen molar-refractivity contribution >= 4 is 12.2 Å². The Bertz CT molecular complexity index is 967. The Morgan fingerprint density at radius 1 is 1.03 bits per heavy atom. The third kappa shape index (κ3) is 8.60. The summed E-state index contributed by atoms with van der Waals surface area (Å²) >= 11 is 0. The second-order valence-corrected chi connectivity index (χ2v) is 12.2. The van der Waals surface area contributed by atoms with E-state index in [4.69, 9.17) is 15.0 Å². The minimum absolute atomic E-state index is 0.258. The van der Waals surface area contributed by atoms with Gasteiger partial charge in [0.25, 0.3) is 0 Å². The second-order valence-electron chi connectivity index (χ2n) is 12.2. The summed E-state index contributed by atoms with van der Waals surface area (Å²) in [5, 5.41) is 10.6. The number of phenolic OH excluding ortho intramolecular Hbond substituents is 1. The number of esters is 1. The number of carbonyl (C=O) groups is 1. The van der Waals surface area contributed by atoms with Crippen LogP contribution in [0.2, 0.25) is 0 Å². The quantitative estimate of drug-likeness (QED) is 0.119. The van der Waals surface area contributed by atoms with Gasteiger partial charge in [0, 0.05) is 12.0 Å². The second kappa shape index (κ2) is 14.0. The van der Waals surface area contributed by atoms with Gasteiger partial charge in [-0.25, -0.2) is 4.79 Å². The topological polar surface area (TPSA) is 92.2 Å². The molecule has 0 amide bonds. The highest BCUT2D eigenvalue weighted by atomic mass is 16.6. The van der Waals surface area contributed by atoms with E-state index in [0.717, 1.165) is 65.3 Å². The lowest BCUT2D eigenvalue weighted by Gasteiger charge is -2.43. The van der Waals surface area contributed by atoms with E-state index in [1.54, 1.807) is 0 Å². The molecule has 0 saturated carbocycles. The van der Waals surface area contributed by atoms with E-state index in [1.165, 1.54) is 38.5 Å². The van der Waals surface area contributed by atoms with Gasteiger partial charge in [0.1, 0.15) is 23.2 Å². The summed E-state index contributed by atoms with van der Waals surface area (Å²) in [7, 11) is 0. The third-order valence-electron chi connectivity index (χ3n) is 8.41. The number of benzene rings is 1. The first-order valence-electron chi connectivity index (χ1n) is 14.3. The average molecular weight is 515 g/mol. The van der Waals surface area contributed by atoms with E-state index in [-0.39, 0.29) is 5.75 Å². The molecule has 1 heterocycles. The highest BCUT2D eigenvalue weighted by Crippen LogP contribution is 2.45. The zero-order valence-electron chi connectivity index (χ0n) is 24.5. The fourth-order valence-corrected chi connectivity index (χ4v) is 5.63. The summed E-state index contributed by atoms with van der Waals surface area (Å²) in [5.41, 5.74) is 11.4. The summed E-state index contributed by atoms with van der Waals surface area (Å²) in [6, 6.07) is 0. The molecule has 1 aliphatic rings. The van der Waals surface area contributed by atoms with Crippen LogP contribution in [0.4, 0.5) is 0 Å². The molecule has 6 heteroatoms. The number of hydrogen-bond acceptors (Lipinski definition) is 4. The van der Waals surface area contributed by atoms with Crippen LogP contribution >= 0.6 is 0 Å². The minimum Gasteiger partial charge on any atom is -0.507 e. The number of nitrogens with zero attached hydrogens (tertiary/aromatic N) is 2. The molecule has 0 saturated heterocycles. The van der Waals surface area contributed by atoms with E-state index in [9.17, 15) is 9.90 Å². The monoisotopic (exact) mass is 514 g/mol. The molecule has 37 heavy (non-hydrogen) atoms. The van der Waals surface area contributed by atoms with Gasteiger partial charge in [-0.05, 0) is 75.0 Å². The predicted octanol–water partition coefficient (Wildman–Crippen LogP) is 7.66. The van der Waals surface area contributed by atoms with Crippen molar-refractivity contribution in [2.24, 2.45) is 17.8 Å². The number of hydrogen-bond donors (Lipinski definition) is 1. The molecule has 208 valence electrons. The van der Waals surface area contributed by atoms with Crippen molar-refractivity contribution in [3.8, 4) is 11.5 Å². The first kappa shape index (κ1) is 30.9. The zero-order valence-corrected chi connectivity index (χ0v) is 24.5. The highest BCUT2D eigenvalue weighted by Gasteiger charge is 2.45. The lowest BCUT2D eigenvalue weighted by atomic mass is 9.81. The van der Waals surface area contributed by atoms with Gasteiger partial charge in [-0.2, -0.15) is 4.79 Å². The van der Waals surface area contributed by atoms with Gasteiger partial charge >= 0.3 is 12.2 Å². The Morgan fingerprint density at radius 3 is 2.16 bits per heavy atom. The maximum absolute atomic E-state index is 12.2. The molecule has 0 aromatic heterocycles. The van der Waals surface area contributed by atoms with Crippen molar-refractivity contribution < 1.29 is 24.2 Å². The average Bonchev–Trinajstić information content (AvgIpc) is 2.82. The lowest BCUT2D eigenvalue weighted by Crippen LogP contribution is -2.51. The van der Waals surface area contributed by atoms with Crippen LogP contribution < -0.4 is 4.74 Å². The molecule has 0 unspecified atom stereocenters. The molecule has 0 radical (unpaired) electrons. The third-order valence-corrected chi connectivity index (χ3v) is 8.41. The van der Waals surface area contributed by atoms with E-state index >= 15 is 0 Å². The van der Waals surface area contributed by atoms with Crippen LogP contribution in [-0.4, -0.2) is 33.8 Å². The van der Waals surface area contributed by atoms with Crippen LogP contribution in [0, 0.1) is 38.5 Å². The Balaban J connectivity index is 2.01. The van der Waals surface area contributed by atoms with Gasteiger partial charge < -0.3 is 20.1 Å². The number of fused-ring (bicyclic) bond motifs is 1. The maximum Gasteiger partial charge on any atom is 0.414 e. The number of phenols is 1. The molecule has 0 spiro atoms. The molecule has 1 aromatic carbocycles. The van der Waals surface area contributed by atoms with Crippen molar-refractivity contribution in [1.82, 2.24) is 0 Å². The summed E-state index contributed by atoms with van der Waals surface area (Å²) < 4.78 is 12.3. The number of aromatic hydroxyl groups is 1. The molecule has 6 nitrogen and oxygen atoms in total. The highest BCUT2D eigenvalue weighted by molar-refractivity contribution is 6.20. The van der Waals surface area contributed by atoms with E-state index in [2.05, 4.69) is 32.5 Å². The fraction of sp³-hybridized carbons (Fsp3) is 0.742. The van der Waals surface area contributed by atoms with Crippen LogP contribution in [0.3, 0.4) is 0 Å². The Hall–Kier alpha value is -2.33. The number of rotatable bonds is 14. The minimum atomic E-state index is -0.711. The zero-order chi connectivity index (χ0) is 27.8. The Morgan fingerprint density at radius 2 is 1.59 bits per heavy atom. The van der Waals surface area contributed by atoms with Gasteiger partial charge in [-0.15, -0.1) is 0 Å². The molecule has 0 fully saturated rings. The summed E-state index contributed by atoms with van der Waals surface area (Å²) in [6.45, 7) is 17.1. The Labute approximate surface area is 224 Å². The molecule has 4 atom stereocenters. The molecule has 0 aliphatic carbocycles. The van der Waals surface area contributed by atoms with Crippen LogP contribution in [-0.2, 0) is 16.0 Å². The normalized spacial score (nSPS) is 20.5. The van der Waals surface area contributed by atoms with Crippen LogP contribution in [0.5, 0.6) is 11.5 Å². The van der Waals surface area contributed by atoms with Crippen molar-refractivity contribution in [3.05, 3.63) is 27.8 Å². The van der Waals surface area contributed by atoms with Crippen molar-refractivity contribution in [3.63, 3.8) is 0 Å². The van der Waals surface area contributed by atoms with E-state index in [1.807, 2.05) is 27.7 Å². The van der Waals surface area contributed by atoms with Gasteiger partial charge in [-0.1, -0.05) is 72.6 Å². The van der Waals surface area contributed by atoms with Crippen LogP contribution in [0.25, 0.3) is 5.53 Å². The lowest BCUT2D eigenvalue weighted by molar-refractivity contribution is -0.158. The maximum atomic E-state index is 12.2. The summed E-state index contributed by atoms with van der Waals surface area (Å²) in [6.07, 6.45) is 11.3. The molecular weight excluding hydrogens is 464 g/mol. The molecule has 1 aromatic rings. The molecule has 1 N–H and O–H groups in total. The number of carbonyl (C=O) groups excluding carboxylic acids is 1. The van der Waals surface area contributed by atoms with Crippen molar-refractivity contribution in [1.29, 1.82) is 0 Å². The first-order valence-corrected chi connectivity index (χ1v) is 14.3. The van der Waals surface area contributed by atoms with E-state index < -0.39 is 17.7 Å². The largest absolute Gasteiger partial charge is 0.507 e. The molecule has 2 rings (SSSR count). The predicted molar refractivity (Wildman–Crippen MR) is 149 cm³/mol. The standard InChI is InChI=1S/C31H50N2O4/c1-20(2)12-9-13-21(3)14-10-15-22(4)16-11-17-31(8)27(36-28(34)19-33-32)18-26-25(7)29(35)23(5)24(6)30(26)37-31/h19-22,27,35H,9-18H2,1-8H3/t21-,22-,27-,31-/m1/s1. The summed E-state index contributed by atoms with van der Waals surface area (Å²) in [4.78, 5) is 15.0. The van der Waals surface area contributed by atoms with Gasteiger partial charge in [-0.3, -0.25) is 0 Å². The SMILES string of the molecule is Cc1c(C)c2c(c(C)c1O)C[C@@H](OC(=O)C=[N+]=[N-])[C@@](C)(CCC[C@H](C)CCC[C@H](C)CCCC(C)C)O2. The van der Waals surface area contributed by atoms with Gasteiger partial charge in [0.2, 0.25) is 0 Å². The van der Waals surface area contributed by atoms with Gasteiger partial charge in [0.15, 0.2) is 0 Å². The molecular formula is C31H50N2O4.